The highest BCUT2D eigenvalue weighted by atomic mass is 16.5. The molecule has 0 bridgehead atoms. The van der Waals surface area contributed by atoms with Gasteiger partial charge in [0.1, 0.15) is 17.6 Å². The number of hydrogen-bond donors (Lipinski definition) is 1. The van der Waals surface area contributed by atoms with Crippen molar-refractivity contribution in [1.29, 1.82) is 0 Å². The van der Waals surface area contributed by atoms with Crippen molar-refractivity contribution in [3.63, 3.8) is 0 Å². The van der Waals surface area contributed by atoms with E-state index in [9.17, 15) is 9.59 Å². The van der Waals surface area contributed by atoms with Gasteiger partial charge >= 0.3 is 0 Å². The Morgan fingerprint density at radius 1 is 1.12 bits per heavy atom. The summed E-state index contributed by atoms with van der Waals surface area (Å²) >= 11 is 0. The fourth-order valence-electron chi connectivity index (χ4n) is 3.63. The molecule has 32 heavy (non-hydrogen) atoms. The first-order valence-electron chi connectivity index (χ1n) is 10.4. The minimum absolute atomic E-state index is 0.0776. The van der Waals surface area contributed by atoms with Gasteiger partial charge in [0, 0.05) is 19.2 Å². The number of amides is 1. The SMILES string of the molecule is COc1ccc(-c2coc3cc(OCC(=O)NC[C@@H]4CCCO4)ccc3c2=O)cc1OC. The summed E-state index contributed by atoms with van der Waals surface area (Å²) in [5.41, 5.74) is 1.25. The van der Waals surface area contributed by atoms with E-state index in [0.717, 1.165) is 19.4 Å². The van der Waals surface area contributed by atoms with E-state index in [1.165, 1.54) is 13.4 Å². The van der Waals surface area contributed by atoms with Crippen molar-refractivity contribution in [2.45, 2.75) is 18.9 Å². The first-order valence-corrected chi connectivity index (χ1v) is 10.4. The number of benzene rings is 2. The molecular formula is C24H25NO7. The predicted molar refractivity (Wildman–Crippen MR) is 119 cm³/mol. The second kappa shape index (κ2) is 9.74. The molecule has 1 aromatic heterocycles. The van der Waals surface area contributed by atoms with Gasteiger partial charge in [0.2, 0.25) is 0 Å². The van der Waals surface area contributed by atoms with Gasteiger partial charge in [0.25, 0.3) is 5.91 Å². The predicted octanol–water partition coefficient (Wildman–Crippen LogP) is 3.15. The van der Waals surface area contributed by atoms with E-state index in [4.69, 9.17) is 23.4 Å². The van der Waals surface area contributed by atoms with Crippen LogP contribution in [0.25, 0.3) is 22.1 Å². The third kappa shape index (κ3) is 4.70. The summed E-state index contributed by atoms with van der Waals surface area (Å²) in [7, 11) is 3.09. The molecule has 8 heteroatoms. The number of fused-ring (bicyclic) bond motifs is 1. The van der Waals surface area contributed by atoms with Gasteiger partial charge < -0.3 is 28.7 Å². The molecule has 0 unspecified atom stereocenters. The molecule has 0 aliphatic carbocycles. The quantitative estimate of drug-likeness (QED) is 0.576. The van der Waals surface area contributed by atoms with E-state index in [0.29, 0.717) is 45.9 Å². The highest BCUT2D eigenvalue weighted by Gasteiger charge is 2.17. The number of carbonyl (C=O) groups excluding carboxylic acids is 1. The molecule has 0 radical (unpaired) electrons. The highest BCUT2D eigenvalue weighted by molar-refractivity contribution is 5.83. The molecule has 1 fully saturated rings. The Labute approximate surface area is 185 Å². The summed E-state index contributed by atoms with van der Waals surface area (Å²) < 4.78 is 27.3. The van der Waals surface area contributed by atoms with Gasteiger partial charge in [0.15, 0.2) is 23.5 Å². The molecule has 2 aromatic carbocycles. The van der Waals surface area contributed by atoms with Crippen LogP contribution in [0.3, 0.4) is 0 Å². The largest absolute Gasteiger partial charge is 0.493 e. The first-order chi connectivity index (χ1) is 15.6. The minimum Gasteiger partial charge on any atom is -0.493 e. The third-order valence-electron chi connectivity index (χ3n) is 5.36. The number of hydrogen-bond acceptors (Lipinski definition) is 7. The van der Waals surface area contributed by atoms with Crippen LogP contribution in [0.1, 0.15) is 12.8 Å². The van der Waals surface area contributed by atoms with Gasteiger partial charge in [-0.3, -0.25) is 9.59 Å². The number of methoxy groups -OCH3 is 2. The molecule has 1 atom stereocenters. The van der Waals surface area contributed by atoms with Crippen LogP contribution in [0.2, 0.25) is 0 Å². The summed E-state index contributed by atoms with van der Waals surface area (Å²) in [6.07, 6.45) is 3.46. The first kappa shape index (κ1) is 21.7. The molecule has 0 spiro atoms. The van der Waals surface area contributed by atoms with Crippen LogP contribution in [-0.4, -0.2) is 46.0 Å². The zero-order chi connectivity index (χ0) is 22.5. The Kier molecular flexibility index (Phi) is 6.61. The second-order valence-electron chi connectivity index (χ2n) is 7.43. The van der Waals surface area contributed by atoms with Crippen molar-refractivity contribution >= 4 is 16.9 Å². The Morgan fingerprint density at radius 2 is 1.97 bits per heavy atom. The zero-order valence-corrected chi connectivity index (χ0v) is 18.0. The molecule has 1 N–H and O–H groups in total. The van der Waals surface area contributed by atoms with Gasteiger partial charge in [-0.25, -0.2) is 0 Å². The van der Waals surface area contributed by atoms with Crippen molar-refractivity contribution in [3.05, 3.63) is 52.9 Å². The molecule has 1 amide bonds. The number of carbonyl (C=O) groups is 1. The Morgan fingerprint density at radius 3 is 2.72 bits per heavy atom. The average molecular weight is 439 g/mol. The van der Waals surface area contributed by atoms with E-state index in [-0.39, 0.29) is 24.0 Å². The second-order valence-corrected chi connectivity index (χ2v) is 7.43. The summed E-state index contributed by atoms with van der Waals surface area (Å²) in [6.45, 7) is 1.09. The summed E-state index contributed by atoms with van der Waals surface area (Å²) in [5, 5.41) is 3.21. The van der Waals surface area contributed by atoms with Crippen molar-refractivity contribution in [2.24, 2.45) is 0 Å². The lowest BCUT2D eigenvalue weighted by Crippen LogP contribution is -2.35. The maximum absolute atomic E-state index is 13.0. The molecule has 0 saturated carbocycles. The Balaban J connectivity index is 1.47. The van der Waals surface area contributed by atoms with Crippen LogP contribution in [0.15, 0.2) is 51.9 Å². The summed E-state index contributed by atoms with van der Waals surface area (Å²) in [6, 6.07) is 10.1. The third-order valence-corrected chi connectivity index (χ3v) is 5.36. The van der Waals surface area contributed by atoms with Gasteiger partial charge in [-0.1, -0.05) is 6.07 Å². The number of rotatable bonds is 8. The fraction of sp³-hybridized carbons (Fsp3) is 0.333. The monoisotopic (exact) mass is 439 g/mol. The molecular weight excluding hydrogens is 414 g/mol. The van der Waals surface area contributed by atoms with Gasteiger partial charge in [0.05, 0.1) is 31.3 Å². The standard InChI is InChI=1S/C24H25NO7/c1-28-20-8-5-15(10-22(20)29-2)19-13-32-21-11-16(6-7-18(21)24(19)27)31-14-23(26)25-12-17-4-3-9-30-17/h5-8,10-11,13,17H,3-4,9,12,14H2,1-2H3,(H,25,26)/t17-/m0/s1. The highest BCUT2D eigenvalue weighted by Crippen LogP contribution is 2.32. The van der Waals surface area contributed by atoms with Crippen molar-refractivity contribution in [2.75, 3.05) is 34.0 Å². The summed E-state index contributed by atoms with van der Waals surface area (Å²) in [5.74, 6) is 1.30. The molecule has 2 heterocycles. The van der Waals surface area contributed by atoms with Crippen LogP contribution in [0.4, 0.5) is 0 Å². The topological polar surface area (TPSA) is 96.2 Å². The smallest absolute Gasteiger partial charge is 0.258 e. The fourth-order valence-corrected chi connectivity index (χ4v) is 3.63. The normalized spacial score (nSPS) is 15.5. The number of nitrogens with one attached hydrogen (secondary N) is 1. The van der Waals surface area contributed by atoms with Crippen molar-refractivity contribution < 1.29 is 28.2 Å². The molecule has 168 valence electrons. The van der Waals surface area contributed by atoms with Crippen LogP contribution < -0.4 is 25.0 Å². The van der Waals surface area contributed by atoms with Crippen LogP contribution in [0.5, 0.6) is 17.2 Å². The molecule has 1 aliphatic rings. The van der Waals surface area contributed by atoms with Crippen LogP contribution in [0, 0.1) is 0 Å². The van der Waals surface area contributed by atoms with Gasteiger partial charge in [-0.15, -0.1) is 0 Å². The average Bonchev–Trinajstić information content (AvgIpc) is 3.35. The van der Waals surface area contributed by atoms with Crippen LogP contribution >= 0.6 is 0 Å². The lowest BCUT2D eigenvalue weighted by atomic mass is 10.0. The summed E-state index contributed by atoms with van der Waals surface area (Å²) in [4.78, 5) is 25.0. The van der Waals surface area contributed by atoms with Gasteiger partial charge in [-0.05, 0) is 42.7 Å². The minimum atomic E-state index is -0.231. The molecule has 1 aliphatic heterocycles. The van der Waals surface area contributed by atoms with E-state index < -0.39 is 0 Å². The van der Waals surface area contributed by atoms with Gasteiger partial charge in [-0.2, -0.15) is 0 Å². The van der Waals surface area contributed by atoms with E-state index >= 15 is 0 Å². The number of ether oxygens (including phenoxy) is 4. The lowest BCUT2D eigenvalue weighted by molar-refractivity contribution is -0.123. The lowest BCUT2D eigenvalue weighted by Gasteiger charge is -2.12. The zero-order valence-electron chi connectivity index (χ0n) is 18.0. The molecule has 4 rings (SSSR count). The Bertz CT molecular complexity index is 1160. The van der Waals surface area contributed by atoms with E-state index in [2.05, 4.69) is 5.32 Å². The van der Waals surface area contributed by atoms with Crippen LogP contribution in [-0.2, 0) is 9.53 Å². The maximum Gasteiger partial charge on any atom is 0.258 e. The van der Waals surface area contributed by atoms with E-state index in [1.54, 1.807) is 43.5 Å². The van der Waals surface area contributed by atoms with Crippen molar-refractivity contribution in [3.8, 4) is 28.4 Å². The van der Waals surface area contributed by atoms with E-state index in [1.807, 2.05) is 0 Å². The molecule has 3 aromatic rings. The Hall–Kier alpha value is -3.52. The molecule has 1 saturated heterocycles. The van der Waals surface area contributed by atoms with Crippen molar-refractivity contribution in [1.82, 2.24) is 5.32 Å². The maximum atomic E-state index is 13.0. The molecule has 8 nitrogen and oxygen atoms in total.